The van der Waals surface area contributed by atoms with Crippen molar-refractivity contribution in [3.63, 3.8) is 0 Å². The summed E-state index contributed by atoms with van der Waals surface area (Å²) in [6.45, 7) is 4.54. The minimum atomic E-state index is -0.606. The Hall–Kier alpha value is -4.02. The largest absolute Gasteiger partial charge is 0.493 e. The van der Waals surface area contributed by atoms with Gasteiger partial charge in [0.15, 0.2) is 22.7 Å². The van der Waals surface area contributed by atoms with Gasteiger partial charge in [0, 0.05) is 19.2 Å². The van der Waals surface area contributed by atoms with Gasteiger partial charge in [0.1, 0.15) is 12.4 Å². The van der Waals surface area contributed by atoms with Crippen molar-refractivity contribution in [2.45, 2.75) is 46.4 Å². The van der Waals surface area contributed by atoms with Gasteiger partial charge in [-0.2, -0.15) is 0 Å². The van der Waals surface area contributed by atoms with Gasteiger partial charge < -0.3 is 23.5 Å². The predicted octanol–water partition coefficient (Wildman–Crippen LogP) is 2.49. The van der Waals surface area contributed by atoms with Crippen molar-refractivity contribution in [3.05, 3.63) is 50.4 Å². The smallest absolute Gasteiger partial charge is 0.331 e. The summed E-state index contributed by atoms with van der Waals surface area (Å²) in [7, 11) is 4.52. The number of aromatic nitrogens is 4. The van der Waals surface area contributed by atoms with Crippen molar-refractivity contribution in [3.8, 4) is 17.2 Å². The van der Waals surface area contributed by atoms with Crippen molar-refractivity contribution in [1.82, 2.24) is 19.1 Å². The zero-order valence-electron chi connectivity index (χ0n) is 20.5. The molecule has 0 saturated heterocycles. The first-order valence-corrected chi connectivity index (χ1v) is 11.2. The third kappa shape index (κ3) is 5.39. The number of methoxy groups -OCH3 is 3. The van der Waals surface area contributed by atoms with E-state index >= 15 is 0 Å². The number of aromatic amines is 1. The molecule has 188 valence electrons. The average molecular weight is 487 g/mol. The number of ether oxygens (including phenoxy) is 4. The van der Waals surface area contributed by atoms with Crippen LogP contribution < -0.4 is 25.5 Å². The fraction of sp³-hybridized carbons (Fsp3) is 0.417. The van der Waals surface area contributed by atoms with E-state index in [1.54, 1.807) is 22.8 Å². The molecule has 2 heterocycles. The molecule has 0 fully saturated rings. The van der Waals surface area contributed by atoms with Crippen LogP contribution in [-0.2, 0) is 29.2 Å². The highest BCUT2D eigenvalue weighted by atomic mass is 16.5. The number of nitrogens with zero attached hydrogens (tertiary/aromatic N) is 3. The molecule has 0 unspecified atom stereocenters. The topological polar surface area (TPSA) is 127 Å². The predicted molar refractivity (Wildman–Crippen MR) is 130 cm³/mol. The molecular weight excluding hydrogens is 456 g/mol. The van der Waals surface area contributed by atoms with Crippen LogP contribution in [0.3, 0.4) is 0 Å². The molecule has 1 aromatic carbocycles. The number of imidazole rings is 1. The van der Waals surface area contributed by atoms with E-state index in [1.165, 1.54) is 32.0 Å². The Labute approximate surface area is 201 Å². The first-order valence-electron chi connectivity index (χ1n) is 11.2. The Bertz CT molecular complexity index is 1330. The lowest BCUT2D eigenvalue weighted by Gasteiger charge is -2.12. The van der Waals surface area contributed by atoms with Crippen LogP contribution >= 0.6 is 0 Å². The van der Waals surface area contributed by atoms with Crippen LogP contribution in [-0.4, -0.2) is 46.4 Å². The summed E-state index contributed by atoms with van der Waals surface area (Å²) in [4.78, 5) is 44.0. The lowest BCUT2D eigenvalue weighted by atomic mass is 10.1. The molecule has 0 aliphatic heterocycles. The molecule has 1 N–H and O–H groups in total. The molecule has 35 heavy (non-hydrogen) atoms. The lowest BCUT2D eigenvalue weighted by Crippen LogP contribution is -2.31. The fourth-order valence-electron chi connectivity index (χ4n) is 3.74. The van der Waals surface area contributed by atoms with Crippen LogP contribution in [0, 0.1) is 0 Å². The van der Waals surface area contributed by atoms with Gasteiger partial charge in [-0.05, 0) is 37.1 Å². The number of nitrogens with one attached hydrogen (secondary N) is 1. The first-order chi connectivity index (χ1) is 16.9. The van der Waals surface area contributed by atoms with Crippen LogP contribution in [0.1, 0.15) is 38.1 Å². The van der Waals surface area contributed by atoms with E-state index in [2.05, 4.69) is 9.97 Å². The first kappa shape index (κ1) is 25.6. The number of rotatable bonds is 11. The van der Waals surface area contributed by atoms with Crippen LogP contribution in [0.25, 0.3) is 17.2 Å². The molecule has 0 amide bonds. The molecule has 0 atom stereocenters. The third-order valence-corrected chi connectivity index (χ3v) is 5.46. The quantitative estimate of drug-likeness (QED) is 0.324. The van der Waals surface area contributed by atoms with E-state index in [0.717, 1.165) is 12.8 Å². The molecule has 0 aliphatic rings. The van der Waals surface area contributed by atoms with Crippen molar-refractivity contribution < 1.29 is 23.7 Å². The van der Waals surface area contributed by atoms with Crippen LogP contribution in [0.15, 0.2) is 27.8 Å². The van der Waals surface area contributed by atoms with Crippen molar-refractivity contribution in [1.29, 1.82) is 0 Å². The van der Waals surface area contributed by atoms with Gasteiger partial charge in [0.05, 0.1) is 21.3 Å². The van der Waals surface area contributed by atoms with Gasteiger partial charge in [0.25, 0.3) is 5.56 Å². The minimum absolute atomic E-state index is 0.164. The molecule has 0 bridgehead atoms. The maximum Gasteiger partial charge on any atom is 0.331 e. The highest BCUT2D eigenvalue weighted by Crippen LogP contribution is 2.38. The van der Waals surface area contributed by atoms with Crippen molar-refractivity contribution >= 4 is 23.2 Å². The molecule has 0 radical (unpaired) electrons. The van der Waals surface area contributed by atoms with Crippen molar-refractivity contribution in [2.75, 3.05) is 21.3 Å². The van der Waals surface area contributed by atoms with Crippen LogP contribution in [0.5, 0.6) is 17.2 Å². The number of carbonyl (C=O) groups is 1. The lowest BCUT2D eigenvalue weighted by molar-refractivity contribution is -0.139. The van der Waals surface area contributed by atoms with Gasteiger partial charge in [-0.3, -0.25) is 14.3 Å². The SMILES string of the molecule is CCCCn1c(=O)[nH]c(=O)c2c1nc(COC(=O)/C=C/c1cc(OC)c(OC)c(OC)c1)n2CC. The van der Waals surface area contributed by atoms with Crippen LogP contribution in [0.4, 0.5) is 0 Å². The van der Waals surface area contributed by atoms with Gasteiger partial charge in [-0.15, -0.1) is 0 Å². The van der Waals surface area contributed by atoms with E-state index in [1.807, 2.05) is 13.8 Å². The molecule has 3 rings (SSSR count). The molecule has 11 nitrogen and oxygen atoms in total. The Kier molecular flexibility index (Phi) is 8.34. The Morgan fingerprint density at radius 1 is 1.06 bits per heavy atom. The van der Waals surface area contributed by atoms with Gasteiger partial charge in [-0.25, -0.2) is 14.6 Å². The summed E-state index contributed by atoms with van der Waals surface area (Å²) in [5.41, 5.74) is 0.180. The number of fused-ring (bicyclic) bond motifs is 1. The highest BCUT2D eigenvalue weighted by molar-refractivity contribution is 5.87. The monoisotopic (exact) mass is 486 g/mol. The average Bonchev–Trinajstić information content (AvgIpc) is 3.24. The standard InChI is InChI=1S/C24H30N4O7/c1-6-8-11-28-22-20(23(30)26-24(28)31)27(7-2)18(25-22)14-35-19(29)10-9-15-12-16(32-3)21(34-5)17(13-15)33-4/h9-10,12-13H,6-8,11,14H2,1-5H3,(H,26,30,31)/b10-9+. The summed E-state index contributed by atoms with van der Waals surface area (Å²) in [5.74, 6) is 1.12. The van der Waals surface area contributed by atoms with Crippen molar-refractivity contribution in [2.24, 2.45) is 0 Å². The van der Waals surface area contributed by atoms with Gasteiger partial charge >= 0.3 is 11.7 Å². The molecule has 0 aliphatic carbocycles. The number of esters is 1. The van der Waals surface area contributed by atoms with Gasteiger partial charge in [-0.1, -0.05) is 13.3 Å². The minimum Gasteiger partial charge on any atom is -0.493 e. The molecule has 0 spiro atoms. The second kappa shape index (κ2) is 11.4. The number of aryl methyl sites for hydroxylation is 2. The van der Waals surface area contributed by atoms with Crippen LogP contribution in [0.2, 0.25) is 0 Å². The number of benzene rings is 1. The van der Waals surface area contributed by atoms with E-state index < -0.39 is 17.2 Å². The normalized spacial score (nSPS) is 11.2. The summed E-state index contributed by atoms with van der Waals surface area (Å²) in [6, 6.07) is 3.40. The summed E-state index contributed by atoms with van der Waals surface area (Å²) >= 11 is 0. The number of H-pyrrole nitrogens is 1. The molecule has 2 aromatic heterocycles. The van der Waals surface area contributed by atoms with E-state index in [4.69, 9.17) is 18.9 Å². The molecule has 3 aromatic rings. The number of hydrogen-bond acceptors (Lipinski definition) is 8. The Balaban J connectivity index is 1.84. The fourth-order valence-corrected chi connectivity index (χ4v) is 3.74. The summed E-state index contributed by atoms with van der Waals surface area (Å²) in [5, 5.41) is 0. The maximum absolute atomic E-state index is 12.5. The Morgan fingerprint density at radius 3 is 2.31 bits per heavy atom. The zero-order valence-corrected chi connectivity index (χ0v) is 20.5. The van der Waals surface area contributed by atoms with Gasteiger partial charge in [0.2, 0.25) is 5.75 Å². The molecule has 11 heteroatoms. The second-order valence-electron chi connectivity index (χ2n) is 7.61. The zero-order chi connectivity index (χ0) is 25.5. The van der Waals surface area contributed by atoms with E-state index in [0.29, 0.717) is 41.7 Å². The maximum atomic E-state index is 12.5. The molecular formula is C24H30N4O7. The molecule has 0 saturated carbocycles. The third-order valence-electron chi connectivity index (χ3n) is 5.46. The number of unbranched alkanes of at least 4 members (excludes halogenated alkanes) is 1. The second-order valence-corrected chi connectivity index (χ2v) is 7.61. The summed E-state index contributed by atoms with van der Waals surface area (Å²) in [6.07, 6.45) is 4.46. The highest BCUT2D eigenvalue weighted by Gasteiger charge is 2.18. The van der Waals surface area contributed by atoms with E-state index in [9.17, 15) is 14.4 Å². The van der Waals surface area contributed by atoms with E-state index in [-0.39, 0.29) is 17.8 Å². The number of carbonyl (C=O) groups excluding carboxylic acids is 1. The Morgan fingerprint density at radius 2 is 1.74 bits per heavy atom. The number of hydrogen-bond donors (Lipinski definition) is 1. The summed E-state index contributed by atoms with van der Waals surface area (Å²) < 4.78 is 24.4.